The number of aryl methyl sites for hydroxylation is 1. The van der Waals surface area contributed by atoms with Gasteiger partial charge >= 0.3 is 0 Å². The average Bonchev–Trinajstić information content (AvgIpc) is 2.65. The Morgan fingerprint density at radius 3 is 2.11 bits per heavy atom. The van der Waals surface area contributed by atoms with Crippen molar-refractivity contribution < 1.29 is 14.3 Å². The van der Waals surface area contributed by atoms with Crippen molar-refractivity contribution in [3.8, 4) is 11.5 Å². The van der Waals surface area contributed by atoms with Gasteiger partial charge in [0.2, 0.25) is 0 Å². The second-order valence-corrected chi connectivity index (χ2v) is 7.59. The number of amides is 1. The molecule has 0 bridgehead atoms. The minimum Gasteiger partial charge on any atom is -0.494 e. The Kier molecular flexibility index (Phi) is 7.71. The van der Waals surface area contributed by atoms with Crippen LogP contribution in [0.3, 0.4) is 0 Å². The van der Waals surface area contributed by atoms with Gasteiger partial charge in [-0.25, -0.2) is 0 Å². The Balaban J connectivity index is 1.64. The number of hydrogen-bond donors (Lipinski definition) is 1. The van der Waals surface area contributed by atoms with Crippen LogP contribution in [0.15, 0.2) is 48.5 Å². The van der Waals surface area contributed by atoms with Crippen molar-refractivity contribution in [3.63, 3.8) is 0 Å². The maximum Gasteiger partial charge on any atom is 0.257 e. The maximum atomic E-state index is 11.9. The quantitative estimate of drug-likeness (QED) is 0.662. The summed E-state index contributed by atoms with van der Waals surface area (Å²) in [6.45, 7) is 9.84. The molecule has 27 heavy (non-hydrogen) atoms. The van der Waals surface area contributed by atoms with E-state index in [1.165, 1.54) is 11.1 Å². The van der Waals surface area contributed by atoms with E-state index in [0.717, 1.165) is 18.6 Å². The molecular weight excluding hydrogens is 338 g/mol. The Bertz CT molecular complexity index is 700. The fourth-order valence-electron chi connectivity index (χ4n) is 2.69. The van der Waals surface area contributed by atoms with Crippen molar-refractivity contribution in [2.24, 2.45) is 0 Å². The average molecular weight is 370 g/mol. The summed E-state index contributed by atoms with van der Waals surface area (Å²) in [4.78, 5) is 11.9. The SMILES string of the molecule is CCOc1ccc(CCCNC(=O)COc2ccc(C(C)(C)C)cc2)cc1. The summed E-state index contributed by atoms with van der Waals surface area (Å²) < 4.78 is 11.0. The molecule has 0 aliphatic rings. The lowest BCUT2D eigenvalue weighted by Crippen LogP contribution is -2.29. The predicted octanol–water partition coefficient (Wildman–Crippen LogP) is 4.51. The summed E-state index contributed by atoms with van der Waals surface area (Å²) in [6, 6.07) is 16.0. The number of rotatable bonds is 9. The molecule has 1 amide bonds. The summed E-state index contributed by atoms with van der Waals surface area (Å²) in [6.07, 6.45) is 1.81. The molecule has 0 spiro atoms. The molecule has 4 nitrogen and oxygen atoms in total. The molecule has 2 rings (SSSR count). The topological polar surface area (TPSA) is 47.6 Å². The van der Waals surface area contributed by atoms with Gasteiger partial charge in [0.05, 0.1) is 6.61 Å². The van der Waals surface area contributed by atoms with Crippen LogP contribution in [0.5, 0.6) is 11.5 Å². The third-order valence-electron chi connectivity index (χ3n) is 4.29. The molecule has 2 aromatic rings. The highest BCUT2D eigenvalue weighted by atomic mass is 16.5. The molecule has 0 aromatic heterocycles. The van der Waals surface area contributed by atoms with Crippen LogP contribution in [0.1, 0.15) is 45.2 Å². The monoisotopic (exact) mass is 369 g/mol. The smallest absolute Gasteiger partial charge is 0.257 e. The third-order valence-corrected chi connectivity index (χ3v) is 4.29. The second-order valence-electron chi connectivity index (χ2n) is 7.59. The number of carbonyl (C=O) groups is 1. The van der Waals surface area contributed by atoms with Crippen molar-refractivity contribution in [2.75, 3.05) is 19.8 Å². The molecule has 0 aliphatic heterocycles. The molecule has 2 aromatic carbocycles. The van der Waals surface area contributed by atoms with Crippen molar-refractivity contribution in [1.82, 2.24) is 5.32 Å². The normalized spacial score (nSPS) is 11.1. The van der Waals surface area contributed by atoms with Crippen LogP contribution in [0.4, 0.5) is 0 Å². The van der Waals surface area contributed by atoms with Gasteiger partial charge < -0.3 is 14.8 Å². The first-order valence-electron chi connectivity index (χ1n) is 9.60. The van der Waals surface area contributed by atoms with E-state index in [0.29, 0.717) is 18.9 Å². The van der Waals surface area contributed by atoms with E-state index in [9.17, 15) is 4.79 Å². The van der Waals surface area contributed by atoms with Crippen LogP contribution in [0, 0.1) is 0 Å². The Morgan fingerprint density at radius 2 is 1.52 bits per heavy atom. The highest BCUT2D eigenvalue weighted by molar-refractivity contribution is 5.77. The molecule has 146 valence electrons. The lowest BCUT2D eigenvalue weighted by atomic mass is 9.87. The van der Waals surface area contributed by atoms with E-state index in [1.54, 1.807) is 0 Å². The first kappa shape index (κ1) is 20.8. The van der Waals surface area contributed by atoms with Crippen molar-refractivity contribution in [3.05, 3.63) is 59.7 Å². The van der Waals surface area contributed by atoms with Crippen molar-refractivity contribution in [2.45, 2.75) is 46.0 Å². The van der Waals surface area contributed by atoms with Gasteiger partial charge in [-0.15, -0.1) is 0 Å². The number of nitrogens with one attached hydrogen (secondary N) is 1. The predicted molar refractivity (Wildman–Crippen MR) is 110 cm³/mol. The van der Waals surface area contributed by atoms with Crippen molar-refractivity contribution >= 4 is 5.91 Å². The van der Waals surface area contributed by atoms with E-state index in [2.05, 4.69) is 38.2 Å². The summed E-state index contributed by atoms with van der Waals surface area (Å²) in [5.41, 5.74) is 2.59. The molecule has 0 radical (unpaired) electrons. The highest BCUT2D eigenvalue weighted by Crippen LogP contribution is 2.24. The molecule has 0 aliphatic carbocycles. The van der Waals surface area contributed by atoms with Gasteiger partial charge in [0.15, 0.2) is 6.61 Å². The zero-order valence-electron chi connectivity index (χ0n) is 16.9. The van der Waals surface area contributed by atoms with Gasteiger partial charge in [-0.1, -0.05) is 45.0 Å². The summed E-state index contributed by atoms with van der Waals surface area (Å²) in [7, 11) is 0. The van der Waals surface area contributed by atoms with Crippen LogP contribution in [0.2, 0.25) is 0 Å². The minimum atomic E-state index is -0.0957. The Hall–Kier alpha value is -2.49. The molecule has 0 saturated heterocycles. The third kappa shape index (κ3) is 7.33. The molecule has 1 N–H and O–H groups in total. The van der Waals surface area contributed by atoms with Gasteiger partial charge in [-0.3, -0.25) is 4.79 Å². The molecule has 0 heterocycles. The largest absolute Gasteiger partial charge is 0.494 e. The first-order chi connectivity index (χ1) is 12.9. The fourth-order valence-corrected chi connectivity index (χ4v) is 2.69. The van der Waals surface area contributed by atoms with E-state index in [4.69, 9.17) is 9.47 Å². The van der Waals surface area contributed by atoms with E-state index >= 15 is 0 Å². The zero-order chi connectivity index (χ0) is 19.7. The van der Waals surface area contributed by atoms with Gasteiger partial charge in [-0.05, 0) is 60.6 Å². The number of benzene rings is 2. The number of ether oxygens (including phenoxy) is 2. The molecule has 4 heteroatoms. The highest BCUT2D eigenvalue weighted by Gasteiger charge is 2.13. The van der Waals surface area contributed by atoms with E-state index < -0.39 is 0 Å². The maximum absolute atomic E-state index is 11.9. The molecular formula is C23H31NO3. The lowest BCUT2D eigenvalue weighted by molar-refractivity contribution is -0.123. The van der Waals surface area contributed by atoms with Crippen LogP contribution in [-0.4, -0.2) is 25.7 Å². The Morgan fingerprint density at radius 1 is 0.926 bits per heavy atom. The fraction of sp³-hybridized carbons (Fsp3) is 0.435. The molecule has 0 atom stereocenters. The van der Waals surface area contributed by atoms with E-state index in [-0.39, 0.29) is 17.9 Å². The van der Waals surface area contributed by atoms with Crippen LogP contribution in [0.25, 0.3) is 0 Å². The van der Waals surface area contributed by atoms with Crippen molar-refractivity contribution in [1.29, 1.82) is 0 Å². The Labute approximate surface area is 162 Å². The second kappa shape index (κ2) is 10.0. The van der Waals surface area contributed by atoms with Gasteiger partial charge in [0, 0.05) is 6.54 Å². The lowest BCUT2D eigenvalue weighted by Gasteiger charge is -2.19. The summed E-state index contributed by atoms with van der Waals surface area (Å²) >= 11 is 0. The van der Waals surface area contributed by atoms with Gasteiger partial charge in [-0.2, -0.15) is 0 Å². The minimum absolute atomic E-state index is 0.0396. The number of hydrogen-bond acceptors (Lipinski definition) is 3. The molecule has 0 unspecified atom stereocenters. The van der Waals surface area contributed by atoms with Crippen LogP contribution < -0.4 is 14.8 Å². The van der Waals surface area contributed by atoms with Gasteiger partial charge in [0.25, 0.3) is 5.91 Å². The van der Waals surface area contributed by atoms with E-state index in [1.807, 2.05) is 43.3 Å². The molecule has 0 fully saturated rings. The number of carbonyl (C=O) groups excluding carboxylic acids is 1. The molecule has 0 saturated carbocycles. The first-order valence-corrected chi connectivity index (χ1v) is 9.60. The standard InChI is InChI=1S/C23H31NO3/c1-5-26-20-12-8-18(9-13-20)7-6-16-24-22(25)17-27-21-14-10-19(11-15-21)23(2,3)4/h8-15H,5-7,16-17H2,1-4H3,(H,24,25). The van der Waals surface area contributed by atoms with Crippen LogP contribution >= 0.6 is 0 Å². The van der Waals surface area contributed by atoms with Crippen LogP contribution in [-0.2, 0) is 16.6 Å². The summed E-state index contributed by atoms with van der Waals surface area (Å²) in [5.74, 6) is 1.51. The zero-order valence-corrected chi connectivity index (χ0v) is 16.9. The van der Waals surface area contributed by atoms with Gasteiger partial charge in [0.1, 0.15) is 11.5 Å². The summed E-state index contributed by atoms with van der Waals surface area (Å²) in [5, 5.41) is 2.90.